The van der Waals surface area contributed by atoms with Crippen molar-refractivity contribution in [2.24, 2.45) is 0 Å². The molecule has 4 aliphatic rings. The number of benzene rings is 28. The molecule has 0 unspecified atom stereocenters. The largest absolute Gasteiger partial charge is 0.310 e. The molecule has 0 aliphatic heterocycles. The molecule has 0 fully saturated rings. The van der Waals surface area contributed by atoms with Crippen molar-refractivity contribution >= 4 is 163 Å². The Morgan fingerprint density at radius 3 is 0.709 bits per heavy atom. The minimum absolute atomic E-state index is 0.529. The molecule has 0 heterocycles. The van der Waals surface area contributed by atoms with Crippen molar-refractivity contribution in [1.82, 2.24) is 0 Å². The first-order valence-electron chi connectivity index (χ1n) is 51.6. The van der Waals surface area contributed by atoms with Crippen molar-refractivity contribution in [3.8, 4) is 89.0 Å². The molecule has 0 amide bonds. The van der Waals surface area contributed by atoms with Gasteiger partial charge in [0.2, 0.25) is 0 Å². The molecule has 2 spiro atoms. The van der Waals surface area contributed by atoms with Crippen LogP contribution in [0.1, 0.15) is 44.5 Å². The zero-order valence-electron chi connectivity index (χ0n) is 80.9. The van der Waals surface area contributed by atoms with Gasteiger partial charge in [0.15, 0.2) is 0 Å². The lowest BCUT2D eigenvalue weighted by atomic mass is 9.70. The minimum atomic E-state index is -0.532. The summed E-state index contributed by atoms with van der Waals surface area (Å²) in [7, 11) is 0. The maximum absolute atomic E-state index is 2.58. The van der Waals surface area contributed by atoms with Gasteiger partial charge in [0.25, 0.3) is 0 Å². The predicted octanol–water partition coefficient (Wildman–Crippen LogP) is 39.5. The van der Waals surface area contributed by atoms with Crippen LogP contribution in [0.25, 0.3) is 218 Å². The van der Waals surface area contributed by atoms with Crippen molar-refractivity contribution in [3.05, 3.63) is 590 Å². The number of hydrogen-bond donors (Lipinski definition) is 0. The molecule has 0 radical (unpaired) electrons. The first kappa shape index (κ1) is 83.5. The maximum atomic E-state index is 2.58. The lowest BCUT2D eigenvalue weighted by Gasteiger charge is -2.33. The first-order chi connectivity index (χ1) is 73.4. The van der Waals surface area contributed by atoms with E-state index in [1.165, 1.54) is 252 Å². The van der Waals surface area contributed by atoms with Gasteiger partial charge in [0.05, 0.1) is 22.2 Å². The highest BCUT2D eigenvalue weighted by Gasteiger charge is 2.54. The Balaban J connectivity index is 0.000000134. The number of fused-ring (bicyclic) bond motifs is 40. The number of hydrogen-bond acceptors (Lipinski definition) is 2. The summed E-state index contributed by atoms with van der Waals surface area (Å²) < 4.78 is 0. The lowest BCUT2D eigenvalue weighted by molar-refractivity contribution is 0.794. The smallest absolute Gasteiger partial charge is 0.0726 e. The number of rotatable bonds is 10. The molecule has 4 aliphatic carbocycles. The van der Waals surface area contributed by atoms with Crippen molar-refractivity contribution in [2.75, 3.05) is 9.80 Å². The summed E-state index contributed by atoms with van der Waals surface area (Å²) in [6.07, 6.45) is 0. The fourth-order valence-corrected chi connectivity index (χ4v) is 26.7. The predicted molar refractivity (Wildman–Crippen MR) is 627 cm³/mol. The SMILES string of the molecule is c1ccc2c(c1)-c1ccccc1C21c2ccccc2-c2cc(-c3ccc(-c4ccc5ccccc5c4)cc3)c(N(c3ccc4c(ccc5ccccc54)c3)c3ccc4c5ccccc5c5ccccc5c4c3)cc21.c1ccc2c(c1)-c1ccccc1C21c2ccccc2-c2cc(-c3ccc(-c4ccc5ccccc5c4)cc3)c(N(c3ccc4ccc5ccccc5c4c3)c3ccc4c5ccccc5c5ccccc5c4c3)cc21. The molecule has 148 heavy (non-hydrogen) atoms. The summed E-state index contributed by atoms with van der Waals surface area (Å²) in [6, 6.07) is 206. The molecular formula is C146H90N2. The second-order valence-corrected chi connectivity index (χ2v) is 40.6. The van der Waals surface area contributed by atoms with Crippen LogP contribution in [0.5, 0.6) is 0 Å². The fraction of sp³-hybridized carbons (Fsp3) is 0.0137. The second-order valence-electron chi connectivity index (χ2n) is 40.6. The van der Waals surface area contributed by atoms with Crippen LogP contribution in [-0.2, 0) is 10.8 Å². The summed E-state index contributed by atoms with van der Waals surface area (Å²) >= 11 is 0. The van der Waals surface area contributed by atoms with Gasteiger partial charge in [0, 0.05) is 33.9 Å². The summed E-state index contributed by atoms with van der Waals surface area (Å²) in [5, 5.41) is 29.9. The van der Waals surface area contributed by atoms with E-state index >= 15 is 0 Å². The minimum Gasteiger partial charge on any atom is -0.310 e. The highest BCUT2D eigenvalue weighted by molar-refractivity contribution is 6.28. The molecule has 32 rings (SSSR count). The van der Waals surface area contributed by atoms with Gasteiger partial charge in [-0.2, -0.15) is 0 Å². The van der Waals surface area contributed by atoms with Crippen LogP contribution in [0.15, 0.2) is 546 Å². The quantitative estimate of drug-likeness (QED) is 0.126. The third-order valence-corrected chi connectivity index (χ3v) is 33.2. The van der Waals surface area contributed by atoms with Gasteiger partial charge in [-0.1, -0.05) is 461 Å². The van der Waals surface area contributed by atoms with Gasteiger partial charge >= 0.3 is 0 Å². The van der Waals surface area contributed by atoms with Crippen LogP contribution in [0.3, 0.4) is 0 Å². The summed E-state index contributed by atoms with van der Waals surface area (Å²) in [5.41, 5.74) is 35.9. The van der Waals surface area contributed by atoms with E-state index in [0.29, 0.717) is 0 Å². The first-order valence-corrected chi connectivity index (χ1v) is 51.6. The third-order valence-electron chi connectivity index (χ3n) is 33.2. The van der Waals surface area contributed by atoms with Gasteiger partial charge in [-0.15, -0.1) is 0 Å². The molecule has 0 aromatic heterocycles. The highest BCUT2D eigenvalue weighted by atomic mass is 15.2. The van der Waals surface area contributed by atoms with Crippen LogP contribution in [0, 0.1) is 0 Å². The Morgan fingerprint density at radius 2 is 0.338 bits per heavy atom. The normalized spacial score (nSPS) is 13.0. The summed E-state index contributed by atoms with van der Waals surface area (Å²) in [5.74, 6) is 0. The van der Waals surface area contributed by atoms with Crippen molar-refractivity contribution < 1.29 is 0 Å². The molecule has 2 heteroatoms. The topological polar surface area (TPSA) is 6.48 Å². The highest BCUT2D eigenvalue weighted by Crippen LogP contribution is 2.67. The van der Waals surface area contributed by atoms with E-state index in [4.69, 9.17) is 0 Å². The van der Waals surface area contributed by atoms with Crippen molar-refractivity contribution in [2.45, 2.75) is 10.8 Å². The molecule has 0 N–H and O–H groups in total. The van der Waals surface area contributed by atoms with Gasteiger partial charge in [-0.3, -0.25) is 0 Å². The molecule has 28 aromatic carbocycles. The van der Waals surface area contributed by atoms with Crippen LogP contribution >= 0.6 is 0 Å². The summed E-state index contributed by atoms with van der Waals surface area (Å²) in [4.78, 5) is 5.13. The average Bonchev–Trinajstić information content (AvgIpc) is 1.51. The van der Waals surface area contributed by atoms with Gasteiger partial charge in [0.1, 0.15) is 0 Å². The Bertz CT molecular complexity index is 10400. The molecule has 0 saturated heterocycles. The monoisotopic (exact) mass is 1870 g/mol. The number of anilines is 6. The van der Waals surface area contributed by atoms with E-state index in [9.17, 15) is 0 Å². The van der Waals surface area contributed by atoms with Crippen LogP contribution in [-0.4, -0.2) is 0 Å². The Hall–Kier alpha value is -19.1. The van der Waals surface area contributed by atoms with Crippen molar-refractivity contribution in [1.29, 1.82) is 0 Å². The number of nitrogens with zero attached hydrogens (tertiary/aromatic N) is 2. The van der Waals surface area contributed by atoms with Gasteiger partial charge in [-0.05, 0) is 337 Å². The second kappa shape index (κ2) is 32.7. The van der Waals surface area contributed by atoms with E-state index in [2.05, 4.69) is 556 Å². The zero-order chi connectivity index (χ0) is 97.0. The van der Waals surface area contributed by atoms with Crippen LogP contribution in [0.2, 0.25) is 0 Å². The standard InChI is InChI=1S/2C73H45N/c1-2-17-51-41-52(36-31-46(51)15-1)47-29-32-50(33-30-47)65-44-67-63-25-11-14-28-70(63)73(68-26-12-9-23-61(68)62-24-10-13-27-69(62)73)71(67)45-72(65)74(53-38-37-49-35-34-48-16-3-4-18-55(48)64(49)42-53)54-39-40-60-58-21-6-5-19-56(58)57-20-7-8-22-59(57)66(60)43-54;1-2-17-50-41-51(35-31-46(50)15-1)47-29-32-49(33-30-47)65-44-67-64-25-11-14-28-70(64)73(68-26-12-9-23-62(68)63-24-10-13-27-69(63)73)71(67)45-72(65)74(53-37-39-56-52(42-53)36-34-48-16-3-4-18-55(48)56)54-38-40-61-59-21-6-5-19-57(59)58-20-7-8-22-60(58)66(61)43-54/h2*1-45H. The molecule has 0 atom stereocenters. The Kier molecular flexibility index (Phi) is 18.5. The molecule has 684 valence electrons. The average molecular weight is 1870 g/mol. The fourth-order valence-electron chi connectivity index (χ4n) is 26.7. The lowest BCUT2D eigenvalue weighted by Crippen LogP contribution is -2.26. The van der Waals surface area contributed by atoms with Crippen molar-refractivity contribution in [3.63, 3.8) is 0 Å². The summed E-state index contributed by atoms with van der Waals surface area (Å²) in [6.45, 7) is 0. The zero-order valence-corrected chi connectivity index (χ0v) is 80.9. The van der Waals surface area contributed by atoms with E-state index in [1.807, 2.05) is 0 Å². The Labute approximate surface area is 857 Å². The van der Waals surface area contributed by atoms with E-state index in [1.54, 1.807) is 0 Å². The van der Waals surface area contributed by atoms with E-state index in [0.717, 1.165) is 45.3 Å². The van der Waals surface area contributed by atoms with Gasteiger partial charge < -0.3 is 9.80 Å². The molecule has 2 nitrogen and oxygen atoms in total. The molecule has 0 bridgehead atoms. The van der Waals surface area contributed by atoms with Crippen LogP contribution < -0.4 is 9.80 Å². The van der Waals surface area contributed by atoms with E-state index in [-0.39, 0.29) is 0 Å². The van der Waals surface area contributed by atoms with Crippen LogP contribution in [0.4, 0.5) is 34.1 Å². The Morgan fingerprint density at radius 1 is 0.108 bits per heavy atom. The third kappa shape index (κ3) is 12.4. The van der Waals surface area contributed by atoms with Gasteiger partial charge in [-0.25, -0.2) is 0 Å². The molecular weight excluding hydrogens is 1780 g/mol. The molecule has 28 aromatic rings. The molecule has 0 saturated carbocycles. The maximum Gasteiger partial charge on any atom is 0.0726 e. The van der Waals surface area contributed by atoms with E-state index < -0.39 is 10.8 Å².